The molecule has 1 heterocycles. The quantitative estimate of drug-likeness (QED) is 0.683. The van der Waals surface area contributed by atoms with Gasteiger partial charge in [-0.05, 0) is 29.8 Å². The lowest BCUT2D eigenvalue weighted by molar-refractivity contribution is 0.122. The van der Waals surface area contributed by atoms with Crippen molar-refractivity contribution in [1.82, 2.24) is 4.31 Å². The van der Waals surface area contributed by atoms with Gasteiger partial charge in [0.1, 0.15) is 4.90 Å². The Labute approximate surface area is 167 Å². The molecule has 0 N–H and O–H groups in total. The standard InChI is InChI=1S/C18H20BrClN2O3S/c1-21(26(23,24)18-7-6-15(19)12-16(18)20)13-14-4-2-3-5-17(14)22-8-10-25-11-9-22/h2-7,12H,8-11,13H2,1H3. The van der Waals surface area contributed by atoms with E-state index in [4.69, 9.17) is 16.3 Å². The molecule has 1 aliphatic rings. The molecule has 0 atom stereocenters. The number of para-hydroxylation sites is 1. The first-order chi connectivity index (χ1) is 12.4. The summed E-state index contributed by atoms with van der Waals surface area (Å²) in [5.41, 5.74) is 1.99. The molecule has 0 bridgehead atoms. The van der Waals surface area contributed by atoms with E-state index in [1.807, 2.05) is 24.3 Å². The lowest BCUT2D eigenvalue weighted by Gasteiger charge is -2.31. The minimum atomic E-state index is -3.69. The van der Waals surface area contributed by atoms with E-state index in [9.17, 15) is 8.42 Å². The van der Waals surface area contributed by atoms with Gasteiger partial charge in [0.15, 0.2) is 0 Å². The van der Waals surface area contributed by atoms with E-state index >= 15 is 0 Å². The number of ether oxygens (including phenoxy) is 1. The van der Waals surface area contributed by atoms with Crippen molar-refractivity contribution in [2.24, 2.45) is 0 Å². The summed E-state index contributed by atoms with van der Waals surface area (Å²) >= 11 is 9.45. The van der Waals surface area contributed by atoms with Gasteiger partial charge in [0.2, 0.25) is 10.0 Å². The number of benzene rings is 2. The Kier molecular flexibility index (Phi) is 6.25. The largest absolute Gasteiger partial charge is 0.378 e. The van der Waals surface area contributed by atoms with Crippen LogP contribution in [0.1, 0.15) is 5.56 Å². The van der Waals surface area contributed by atoms with Crippen LogP contribution >= 0.6 is 27.5 Å². The molecule has 2 aromatic carbocycles. The van der Waals surface area contributed by atoms with E-state index in [1.165, 1.54) is 10.4 Å². The van der Waals surface area contributed by atoms with Gasteiger partial charge in [-0.3, -0.25) is 0 Å². The number of hydrogen-bond donors (Lipinski definition) is 0. The van der Waals surface area contributed by atoms with Crippen LogP contribution in [0.25, 0.3) is 0 Å². The summed E-state index contributed by atoms with van der Waals surface area (Å²) in [7, 11) is -2.12. The minimum Gasteiger partial charge on any atom is -0.378 e. The SMILES string of the molecule is CN(Cc1ccccc1N1CCOCC1)S(=O)(=O)c1ccc(Br)cc1Cl. The third-order valence-electron chi connectivity index (χ3n) is 4.32. The smallest absolute Gasteiger partial charge is 0.244 e. The molecule has 0 aliphatic carbocycles. The van der Waals surface area contributed by atoms with Gasteiger partial charge in [-0.25, -0.2) is 8.42 Å². The highest BCUT2D eigenvalue weighted by atomic mass is 79.9. The number of morpholine rings is 1. The Balaban J connectivity index is 1.86. The van der Waals surface area contributed by atoms with Crippen LogP contribution in [-0.2, 0) is 21.3 Å². The van der Waals surface area contributed by atoms with Crippen LogP contribution in [0.15, 0.2) is 51.8 Å². The highest BCUT2D eigenvalue weighted by Crippen LogP contribution is 2.29. The molecule has 140 valence electrons. The fourth-order valence-corrected chi connectivity index (χ4v) is 5.09. The first-order valence-corrected chi connectivity index (χ1v) is 10.8. The zero-order chi connectivity index (χ0) is 18.7. The molecule has 5 nitrogen and oxygen atoms in total. The molecule has 1 fully saturated rings. The van der Waals surface area contributed by atoms with Gasteiger partial charge >= 0.3 is 0 Å². The molecule has 0 spiro atoms. The van der Waals surface area contributed by atoms with Crippen LogP contribution in [-0.4, -0.2) is 46.1 Å². The van der Waals surface area contributed by atoms with Crippen LogP contribution in [0, 0.1) is 0 Å². The molecular weight excluding hydrogens is 440 g/mol. The summed E-state index contributed by atoms with van der Waals surface area (Å²) in [6.07, 6.45) is 0. The molecule has 1 saturated heterocycles. The van der Waals surface area contributed by atoms with Gasteiger partial charge in [0.25, 0.3) is 0 Å². The van der Waals surface area contributed by atoms with Crippen molar-refractivity contribution in [3.05, 3.63) is 57.5 Å². The van der Waals surface area contributed by atoms with Gasteiger partial charge in [0, 0.05) is 36.8 Å². The second-order valence-electron chi connectivity index (χ2n) is 6.06. The molecule has 8 heteroatoms. The molecule has 1 aliphatic heterocycles. The van der Waals surface area contributed by atoms with Crippen LogP contribution in [0.5, 0.6) is 0 Å². The summed E-state index contributed by atoms with van der Waals surface area (Å²) in [5.74, 6) is 0. The number of halogens is 2. The zero-order valence-electron chi connectivity index (χ0n) is 14.4. The van der Waals surface area contributed by atoms with E-state index < -0.39 is 10.0 Å². The number of sulfonamides is 1. The van der Waals surface area contributed by atoms with E-state index in [0.29, 0.717) is 13.2 Å². The van der Waals surface area contributed by atoms with Gasteiger partial charge < -0.3 is 9.64 Å². The summed E-state index contributed by atoms with van der Waals surface area (Å²) in [6.45, 7) is 3.22. The molecule has 0 radical (unpaired) electrons. The van der Waals surface area contributed by atoms with E-state index in [-0.39, 0.29) is 16.5 Å². The summed E-state index contributed by atoms with van der Waals surface area (Å²) < 4.78 is 33.4. The third kappa shape index (κ3) is 4.23. The molecule has 0 aromatic heterocycles. The molecule has 26 heavy (non-hydrogen) atoms. The first kappa shape index (κ1) is 19.6. The van der Waals surface area contributed by atoms with Gasteiger partial charge in [-0.1, -0.05) is 45.7 Å². The van der Waals surface area contributed by atoms with Crippen molar-refractivity contribution in [1.29, 1.82) is 0 Å². The van der Waals surface area contributed by atoms with Gasteiger partial charge in [-0.15, -0.1) is 0 Å². The summed E-state index contributed by atoms with van der Waals surface area (Å²) in [6, 6.07) is 12.7. The van der Waals surface area contributed by atoms with Crippen LogP contribution < -0.4 is 4.90 Å². The monoisotopic (exact) mass is 458 g/mol. The second-order valence-corrected chi connectivity index (χ2v) is 9.40. The molecule has 2 aromatic rings. The Bertz CT molecular complexity index is 886. The maximum atomic E-state index is 12.9. The summed E-state index contributed by atoms with van der Waals surface area (Å²) in [5, 5.41) is 0.202. The van der Waals surface area contributed by atoms with Crippen molar-refractivity contribution >= 4 is 43.2 Å². The van der Waals surface area contributed by atoms with E-state index in [1.54, 1.807) is 19.2 Å². The maximum absolute atomic E-state index is 12.9. The van der Waals surface area contributed by atoms with Gasteiger partial charge in [0.05, 0.1) is 18.2 Å². The number of rotatable bonds is 5. The highest BCUT2D eigenvalue weighted by Gasteiger charge is 2.25. The van der Waals surface area contributed by atoms with E-state index in [0.717, 1.165) is 28.8 Å². The molecule has 0 unspecified atom stereocenters. The minimum absolute atomic E-state index is 0.105. The molecule has 3 rings (SSSR count). The number of nitrogens with zero attached hydrogens (tertiary/aromatic N) is 2. The predicted molar refractivity (Wildman–Crippen MR) is 107 cm³/mol. The molecular formula is C18H20BrClN2O3S. The van der Waals surface area contributed by atoms with E-state index in [2.05, 4.69) is 20.8 Å². The van der Waals surface area contributed by atoms with Crippen molar-refractivity contribution in [2.75, 3.05) is 38.3 Å². The zero-order valence-corrected chi connectivity index (χ0v) is 17.5. The van der Waals surface area contributed by atoms with Crippen LogP contribution in [0.4, 0.5) is 5.69 Å². The summed E-state index contributed by atoms with van der Waals surface area (Å²) in [4.78, 5) is 2.33. The van der Waals surface area contributed by atoms with Crippen molar-refractivity contribution < 1.29 is 13.2 Å². The average Bonchev–Trinajstić information content (AvgIpc) is 2.62. The normalized spacial score (nSPS) is 15.5. The lowest BCUT2D eigenvalue weighted by atomic mass is 10.1. The molecule has 0 amide bonds. The van der Waals surface area contributed by atoms with Crippen molar-refractivity contribution in [3.8, 4) is 0 Å². The Morgan fingerprint density at radius 2 is 1.88 bits per heavy atom. The number of anilines is 1. The first-order valence-electron chi connectivity index (χ1n) is 8.21. The Morgan fingerprint density at radius 3 is 2.58 bits per heavy atom. The van der Waals surface area contributed by atoms with Crippen LogP contribution in [0.2, 0.25) is 5.02 Å². The highest BCUT2D eigenvalue weighted by molar-refractivity contribution is 9.10. The fourth-order valence-electron chi connectivity index (χ4n) is 2.93. The fraction of sp³-hybridized carbons (Fsp3) is 0.333. The van der Waals surface area contributed by atoms with Crippen LogP contribution in [0.3, 0.4) is 0 Å². The van der Waals surface area contributed by atoms with Crippen molar-refractivity contribution in [3.63, 3.8) is 0 Å². The lowest BCUT2D eigenvalue weighted by Crippen LogP contribution is -2.37. The Hall–Kier alpha value is -1.12. The Morgan fingerprint density at radius 1 is 1.19 bits per heavy atom. The predicted octanol–water partition coefficient (Wildman–Crippen LogP) is 3.76. The number of hydrogen-bond acceptors (Lipinski definition) is 4. The topological polar surface area (TPSA) is 49.9 Å². The van der Waals surface area contributed by atoms with Crippen molar-refractivity contribution in [2.45, 2.75) is 11.4 Å². The third-order valence-corrected chi connectivity index (χ3v) is 7.10. The van der Waals surface area contributed by atoms with Gasteiger partial charge in [-0.2, -0.15) is 4.31 Å². The average molecular weight is 460 g/mol. The molecule has 0 saturated carbocycles. The maximum Gasteiger partial charge on any atom is 0.244 e. The second kappa shape index (κ2) is 8.27.